The molecule has 2 N–H and O–H groups in total. The maximum absolute atomic E-state index is 5.53. The van der Waals surface area contributed by atoms with Gasteiger partial charge in [-0.25, -0.2) is 9.67 Å². The lowest BCUT2D eigenvalue weighted by atomic mass is 10.2. The van der Waals surface area contributed by atoms with Crippen molar-refractivity contribution in [1.82, 2.24) is 20.4 Å². The van der Waals surface area contributed by atoms with Gasteiger partial charge in [-0.05, 0) is 43.7 Å². The standard InChI is InChI=1S/C24H30N6O.HI/c1-3-25-24(26-17-19-14-16-30(28-19)21-9-5-4-6-10-21)27-20-13-15-29(18-20)22-11-7-8-12-23(22)31-2;/h4-12,14,16,20H,3,13,15,17-18H2,1-2H3,(H2,25,26,27);1H. The van der Waals surface area contributed by atoms with Gasteiger partial charge in [0.05, 0.1) is 30.7 Å². The van der Waals surface area contributed by atoms with Crippen molar-refractivity contribution in [2.24, 2.45) is 4.99 Å². The van der Waals surface area contributed by atoms with Crippen LogP contribution in [0, 0.1) is 0 Å². The Labute approximate surface area is 206 Å². The summed E-state index contributed by atoms with van der Waals surface area (Å²) in [6, 6.07) is 20.6. The highest BCUT2D eigenvalue weighted by Gasteiger charge is 2.25. The average molecular weight is 546 g/mol. The Hall–Kier alpha value is -2.75. The highest BCUT2D eigenvalue weighted by atomic mass is 127. The summed E-state index contributed by atoms with van der Waals surface area (Å²) in [5.41, 5.74) is 3.12. The normalized spacial score (nSPS) is 15.9. The molecule has 2 heterocycles. The number of halogens is 1. The lowest BCUT2D eigenvalue weighted by molar-refractivity contribution is 0.415. The van der Waals surface area contributed by atoms with Crippen molar-refractivity contribution < 1.29 is 4.74 Å². The zero-order chi connectivity index (χ0) is 21.5. The smallest absolute Gasteiger partial charge is 0.191 e. The maximum Gasteiger partial charge on any atom is 0.191 e. The topological polar surface area (TPSA) is 66.7 Å². The molecular formula is C24H31IN6O. The zero-order valence-electron chi connectivity index (χ0n) is 18.6. The van der Waals surface area contributed by atoms with Crippen molar-refractivity contribution in [2.45, 2.75) is 25.9 Å². The average Bonchev–Trinajstić information content (AvgIpc) is 3.48. The minimum Gasteiger partial charge on any atom is -0.495 e. The number of nitrogens with one attached hydrogen (secondary N) is 2. The van der Waals surface area contributed by atoms with Gasteiger partial charge >= 0.3 is 0 Å². The fourth-order valence-electron chi connectivity index (χ4n) is 3.83. The number of aromatic nitrogens is 2. The van der Waals surface area contributed by atoms with Crippen LogP contribution in [0.2, 0.25) is 0 Å². The predicted octanol–water partition coefficient (Wildman–Crippen LogP) is 3.83. The zero-order valence-corrected chi connectivity index (χ0v) is 20.9. The van der Waals surface area contributed by atoms with Crippen LogP contribution >= 0.6 is 24.0 Å². The van der Waals surface area contributed by atoms with E-state index in [-0.39, 0.29) is 24.0 Å². The quantitative estimate of drug-likeness (QED) is 0.268. The Bertz CT molecular complexity index is 1010. The summed E-state index contributed by atoms with van der Waals surface area (Å²) in [5, 5.41) is 11.6. The molecule has 32 heavy (non-hydrogen) atoms. The summed E-state index contributed by atoms with van der Waals surface area (Å²) < 4.78 is 7.41. The van der Waals surface area contributed by atoms with Crippen LogP contribution in [0.5, 0.6) is 5.75 Å². The SMILES string of the molecule is CCNC(=NCc1ccn(-c2ccccc2)n1)NC1CCN(c2ccccc2OC)C1.I. The Balaban J connectivity index is 0.00000289. The molecule has 1 aliphatic rings. The first-order valence-electron chi connectivity index (χ1n) is 10.8. The van der Waals surface area contributed by atoms with Crippen LogP contribution in [0.15, 0.2) is 71.9 Å². The second kappa shape index (κ2) is 11.8. The van der Waals surface area contributed by atoms with Crippen molar-refractivity contribution >= 4 is 35.6 Å². The van der Waals surface area contributed by atoms with E-state index >= 15 is 0 Å². The van der Waals surface area contributed by atoms with Gasteiger partial charge < -0.3 is 20.3 Å². The van der Waals surface area contributed by atoms with E-state index < -0.39 is 0 Å². The molecule has 1 aromatic heterocycles. The van der Waals surface area contributed by atoms with Gasteiger partial charge in [-0.3, -0.25) is 0 Å². The monoisotopic (exact) mass is 546 g/mol. The van der Waals surface area contributed by atoms with Gasteiger partial charge in [0, 0.05) is 31.9 Å². The van der Waals surface area contributed by atoms with Crippen molar-refractivity contribution in [3.63, 3.8) is 0 Å². The molecule has 0 saturated carbocycles. The van der Waals surface area contributed by atoms with Crippen LogP contribution in [-0.2, 0) is 6.54 Å². The van der Waals surface area contributed by atoms with Gasteiger partial charge in [0.25, 0.3) is 0 Å². The van der Waals surface area contributed by atoms with Crippen molar-refractivity contribution in [3.8, 4) is 11.4 Å². The highest BCUT2D eigenvalue weighted by molar-refractivity contribution is 14.0. The molecule has 0 aliphatic carbocycles. The van der Waals surface area contributed by atoms with E-state index in [2.05, 4.69) is 39.7 Å². The largest absolute Gasteiger partial charge is 0.495 e. The molecule has 2 aromatic carbocycles. The Morgan fingerprint density at radius 3 is 2.69 bits per heavy atom. The summed E-state index contributed by atoms with van der Waals surface area (Å²) in [6.07, 6.45) is 3.02. The number of guanidine groups is 1. The van der Waals surface area contributed by atoms with Crippen LogP contribution in [0.25, 0.3) is 5.69 Å². The highest BCUT2D eigenvalue weighted by Crippen LogP contribution is 2.30. The van der Waals surface area contributed by atoms with Crippen LogP contribution in [0.4, 0.5) is 5.69 Å². The van der Waals surface area contributed by atoms with Crippen molar-refractivity contribution in [2.75, 3.05) is 31.6 Å². The molecule has 1 fully saturated rings. The molecule has 0 amide bonds. The fraction of sp³-hybridized carbons (Fsp3) is 0.333. The van der Waals surface area contributed by atoms with Gasteiger partial charge in [-0.1, -0.05) is 30.3 Å². The summed E-state index contributed by atoms with van der Waals surface area (Å²) in [6.45, 7) is 5.31. The van der Waals surface area contributed by atoms with Crippen LogP contribution in [0.1, 0.15) is 19.0 Å². The Kier molecular flexibility index (Phi) is 8.78. The fourth-order valence-corrected chi connectivity index (χ4v) is 3.83. The first kappa shape index (κ1) is 23.9. The van der Waals surface area contributed by atoms with Crippen LogP contribution < -0.4 is 20.3 Å². The van der Waals surface area contributed by atoms with Gasteiger partial charge in [0.2, 0.25) is 0 Å². The van der Waals surface area contributed by atoms with Crippen LogP contribution in [0.3, 0.4) is 0 Å². The molecule has 1 saturated heterocycles. The number of benzene rings is 2. The second-order valence-electron chi connectivity index (χ2n) is 7.53. The van der Waals surface area contributed by atoms with E-state index in [1.807, 2.05) is 59.4 Å². The van der Waals surface area contributed by atoms with Gasteiger partial charge in [-0.2, -0.15) is 5.10 Å². The van der Waals surface area contributed by atoms with E-state index in [0.29, 0.717) is 12.6 Å². The third kappa shape index (κ3) is 5.93. The minimum absolute atomic E-state index is 0. The minimum atomic E-state index is 0. The number of anilines is 1. The number of rotatable bonds is 7. The summed E-state index contributed by atoms with van der Waals surface area (Å²) in [4.78, 5) is 7.12. The molecule has 1 atom stereocenters. The molecule has 8 heteroatoms. The Morgan fingerprint density at radius 1 is 1.12 bits per heavy atom. The molecule has 1 aliphatic heterocycles. The summed E-state index contributed by atoms with van der Waals surface area (Å²) in [5.74, 6) is 1.74. The summed E-state index contributed by atoms with van der Waals surface area (Å²) >= 11 is 0. The molecular weight excluding hydrogens is 515 g/mol. The maximum atomic E-state index is 5.53. The number of ether oxygens (including phenoxy) is 1. The van der Waals surface area contributed by atoms with E-state index in [0.717, 1.165) is 54.8 Å². The van der Waals surface area contributed by atoms with Gasteiger partial charge in [0.15, 0.2) is 5.96 Å². The lowest BCUT2D eigenvalue weighted by Gasteiger charge is -2.22. The number of hydrogen-bond donors (Lipinski definition) is 2. The lowest BCUT2D eigenvalue weighted by Crippen LogP contribution is -2.44. The van der Waals surface area contributed by atoms with Crippen molar-refractivity contribution in [1.29, 1.82) is 0 Å². The number of hydrogen-bond acceptors (Lipinski definition) is 4. The number of nitrogens with zero attached hydrogens (tertiary/aromatic N) is 4. The molecule has 0 spiro atoms. The molecule has 170 valence electrons. The molecule has 0 radical (unpaired) electrons. The van der Waals surface area contributed by atoms with E-state index in [4.69, 9.17) is 9.73 Å². The first-order chi connectivity index (χ1) is 15.3. The molecule has 0 bridgehead atoms. The second-order valence-corrected chi connectivity index (χ2v) is 7.53. The van der Waals surface area contributed by atoms with Gasteiger partial charge in [-0.15, -0.1) is 24.0 Å². The van der Waals surface area contributed by atoms with Crippen molar-refractivity contribution in [3.05, 3.63) is 72.6 Å². The third-order valence-electron chi connectivity index (χ3n) is 5.36. The van der Waals surface area contributed by atoms with Gasteiger partial charge in [0.1, 0.15) is 5.75 Å². The Morgan fingerprint density at radius 2 is 1.91 bits per heavy atom. The predicted molar refractivity (Wildman–Crippen MR) is 141 cm³/mol. The number of aliphatic imine (C=N–C) groups is 1. The molecule has 3 aromatic rings. The van der Waals surface area contributed by atoms with E-state index in [9.17, 15) is 0 Å². The number of methoxy groups -OCH3 is 1. The van der Waals surface area contributed by atoms with E-state index in [1.165, 1.54) is 0 Å². The first-order valence-corrected chi connectivity index (χ1v) is 10.8. The van der Waals surface area contributed by atoms with E-state index in [1.54, 1.807) is 7.11 Å². The summed E-state index contributed by atoms with van der Waals surface area (Å²) in [7, 11) is 1.72. The third-order valence-corrected chi connectivity index (χ3v) is 5.36. The molecule has 4 rings (SSSR count). The molecule has 7 nitrogen and oxygen atoms in total. The van der Waals surface area contributed by atoms with Crippen LogP contribution in [-0.4, -0.2) is 48.5 Å². The molecule has 1 unspecified atom stereocenters. The number of para-hydroxylation sites is 3.